The number of carbonyl (C=O) groups excluding carboxylic acids is 1. The van der Waals surface area contributed by atoms with E-state index in [0.29, 0.717) is 30.1 Å². The van der Waals surface area contributed by atoms with Crippen LogP contribution in [0, 0.1) is 0 Å². The van der Waals surface area contributed by atoms with Crippen molar-refractivity contribution in [2.24, 2.45) is 0 Å². The molecular weight excluding hydrogens is 436 g/mol. The van der Waals surface area contributed by atoms with Gasteiger partial charge < -0.3 is 10.1 Å². The van der Waals surface area contributed by atoms with E-state index in [4.69, 9.17) is 4.74 Å². The second kappa shape index (κ2) is 8.27. The van der Waals surface area contributed by atoms with Crippen molar-refractivity contribution in [3.05, 3.63) is 48.2 Å². The number of hydrogen-bond donors (Lipinski definition) is 2. The molecule has 1 saturated carbocycles. The number of carbonyl (C=O) groups is 1. The largest absolute Gasteiger partial charge is 0.359 e. The maximum Gasteiger partial charge on any atom is 0.259 e. The second-order valence-electron chi connectivity index (χ2n) is 7.78. The van der Waals surface area contributed by atoms with Gasteiger partial charge in [-0.2, -0.15) is 0 Å². The number of thiazole rings is 1. The van der Waals surface area contributed by atoms with Gasteiger partial charge in [0.2, 0.25) is 0 Å². The highest BCUT2D eigenvalue weighted by atomic mass is 32.2. The van der Waals surface area contributed by atoms with E-state index in [2.05, 4.69) is 20.6 Å². The predicted octanol–water partition coefficient (Wildman–Crippen LogP) is 2.69. The van der Waals surface area contributed by atoms with E-state index in [1.807, 2.05) is 6.07 Å². The molecule has 2 aromatic heterocycles. The van der Waals surface area contributed by atoms with E-state index in [1.165, 1.54) is 11.3 Å². The van der Waals surface area contributed by atoms with Crippen molar-refractivity contribution in [2.45, 2.75) is 41.6 Å². The lowest BCUT2D eigenvalue weighted by Gasteiger charge is -2.21. The minimum absolute atomic E-state index is 0.0948. The van der Waals surface area contributed by atoms with Gasteiger partial charge in [-0.15, -0.1) is 0 Å². The number of pyridine rings is 1. The van der Waals surface area contributed by atoms with Crippen LogP contribution < -0.4 is 10.6 Å². The Labute approximate surface area is 184 Å². The maximum absolute atomic E-state index is 13.1. The molecule has 0 spiro atoms. The molecule has 1 aromatic carbocycles. The summed E-state index contributed by atoms with van der Waals surface area (Å²) in [5.74, 6) is -0.344. The number of amides is 1. The molecule has 2 fully saturated rings. The smallest absolute Gasteiger partial charge is 0.259 e. The topological polar surface area (TPSA) is 110 Å². The van der Waals surface area contributed by atoms with Crippen LogP contribution in [0.4, 0.5) is 5.13 Å². The van der Waals surface area contributed by atoms with Gasteiger partial charge in [-0.05, 0) is 55.6 Å². The molecule has 10 heteroatoms. The Hall–Kier alpha value is -2.40. The third kappa shape index (κ3) is 4.33. The Balaban J connectivity index is 1.39. The summed E-state index contributed by atoms with van der Waals surface area (Å²) in [5.41, 5.74) is 1.33. The third-order valence-corrected chi connectivity index (χ3v) is 8.63. The molecule has 1 amide bonds. The SMILES string of the molecule is O=C(Nc1nc2cccnc2s1)C(OC1CCNC1)c1ccc(S(=O)(=O)C2CC2)cc1. The van der Waals surface area contributed by atoms with Gasteiger partial charge in [0.05, 0.1) is 16.2 Å². The van der Waals surface area contributed by atoms with E-state index >= 15 is 0 Å². The van der Waals surface area contributed by atoms with Crippen molar-refractivity contribution in [1.29, 1.82) is 0 Å². The fourth-order valence-electron chi connectivity index (χ4n) is 3.63. The van der Waals surface area contributed by atoms with E-state index in [0.717, 1.165) is 23.3 Å². The Kier molecular flexibility index (Phi) is 5.47. The lowest BCUT2D eigenvalue weighted by atomic mass is 10.1. The molecule has 1 saturated heterocycles. The van der Waals surface area contributed by atoms with Crippen LogP contribution in [0.25, 0.3) is 10.3 Å². The standard InChI is InChI=1S/C21H22N4O4S2/c26-19(25-21-24-17-2-1-10-23-20(17)30-21)18(29-14-9-11-22-12-14)13-3-5-15(6-4-13)31(27,28)16-7-8-16/h1-6,10,14,16,18,22H,7-9,11-12H2,(H,24,25,26). The molecule has 162 valence electrons. The van der Waals surface area contributed by atoms with Gasteiger partial charge in [0.25, 0.3) is 5.91 Å². The molecule has 2 N–H and O–H groups in total. The van der Waals surface area contributed by atoms with Crippen molar-refractivity contribution < 1.29 is 17.9 Å². The van der Waals surface area contributed by atoms with Gasteiger partial charge in [-0.3, -0.25) is 10.1 Å². The average Bonchev–Trinajstić information content (AvgIpc) is 3.37. The van der Waals surface area contributed by atoms with Crippen LogP contribution in [0.2, 0.25) is 0 Å². The van der Waals surface area contributed by atoms with E-state index < -0.39 is 15.9 Å². The van der Waals surface area contributed by atoms with Gasteiger partial charge >= 0.3 is 0 Å². The molecule has 5 rings (SSSR count). The van der Waals surface area contributed by atoms with Crippen LogP contribution in [0.15, 0.2) is 47.5 Å². The molecule has 8 nitrogen and oxygen atoms in total. The zero-order valence-electron chi connectivity index (χ0n) is 16.7. The van der Waals surface area contributed by atoms with Crippen LogP contribution in [-0.2, 0) is 19.4 Å². The predicted molar refractivity (Wildman–Crippen MR) is 118 cm³/mol. The molecule has 3 aromatic rings. The Morgan fingerprint density at radius 2 is 2.00 bits per heavy atom. The molecule has 31 heavy (non-hydrogen) atoms. The highest BCUT2D eigenvalue weighted by molar-refractivity contribution is 7.92. The molecule has 1 aliphatic carbocycles. The second-order valence-corrected chi connectivity index (χ2v) is 11.0. The zero-order valence-corrected chi connectivity index (χ0v) is 18.3. The Bertz CT molecular complexity index is 1170. The highest BCUT2D eigenvalue weighted by Crippen LogP contribution is 2.34. The first-order valence-electron chi connectivity index (χ1n) is 10.2. The fourth-order valence-corrected chi connectivity index (χ4v) is 6.09. The van der Waals surface area contributed by atoms with E-state index in [1.54, 1.807) is 36.5 Å². The summed E-state index contributed by atoms with van der Waals surface area (Å²) in [6, 6.07) is 10.1. The lowest BCUT2D eigenvalue weighted by Crippen LogP contribution is -2.28. The lowest BCUT2D eigenvalue weighted by molar-refractivity contribution is -0.131. The number of fused-ring (bicyclic) bond motifs is 1. The number of anilines is 1. The van der Waals surface area contributed by atoms with E-state index in [9.17, 15) is 13.2 Å². The number of nitrogens with zero attached hydrogens (tertiary/aromatic N) is 2. The monoisotopic (exact) mass is 458 g/mol. The first kappa shape index (κ1) is 20.5. The average molecular weight is 459 g/mol. The molecule has 1 aliphatic heterocycles. The summed E-state index contributed by atoms with van der Waals surface area (Å²) in [7, 11) is -3.28. The normalized spacial score (nSPS) is 20.1. The van der Waals surface area contributed by atoms with Crippen LogP contribution in [0.5, 0.6) is 0 Å². The molecule has 3 heterocycles. The minimum atomic E-state index is -3.28. The number of ether oxygens (including phenoxy) is 1. The molecule has 2 unspecified atom stereocenters. The quantitative estimate of drug-likeness (QED) is 0.560. The Morgan fingerprint density at radius 1 is 1.19 bits per heavy atom. The maximum atomic E-state index is 13.1. The van der Waals surface area contributed by atoms with Crippen molar-refractivity contribution >= 4 is 42.6 Å². The number of aromatic nitrogens is 2. The summed E-state index contributed by atoms with van der Waals surface area (Å²) < 4.78 is 31.1. The summed E-state index contributed by atoms with van der Waals surface area (Å²) in [4.78, 5) is 22.8. The van der Waals surface area contributed by atoms with Crippen LogP contribution in [-0.4, -0.2) is 48.7 Å². The van der Waals surface area contributed by atoms with Crippen LogP contribution >= 0.6 is 11.3 Å². The summed E-state index contributed by atoms with van der Waals surface area (Å²) in [5, 5.41) is 6.25. The number of hydrogen-bond acceptors (Lipinski definition) is 8. The van der Waals surface area contributed by atoms with Crippen LogP contribution in [0.1, 0.15) is 30.9 Å². The molecule has 0 bridgehead atoms. The molecular formula is C21H22N4O4S2. The highest BCUT2D eigenvalue weighted by Gasteiger charge is 2.37. The van der Waals surface area contributed by atoms with Gasteiger partial charge in [0.15, 0.2) is 21.1 Å². The van der Waals surface area contributed by atoms with E-state index in [-0.39, 0.29) is 22.2 Å². The minimum Gasteiger partial charge on any atom is -0.359 e. The van der Waals surface area contributed by atoms with Crippen molar-refractivity contribution in [2.75, 3.05) is 18.4 Å². The van der Waals surface area contributed by atoms with Gasteiger partial charge in [0, 0.05) is 12.7 Å². The number of nitrogens with one attached hydrogen (secondary N) is 2. The third-order valence-electron chi connectivity index (χ3n) is 5.45. The molecule has 2 aliphatic rings. The molecule has 0 radical (unpaired) electrons. The van der Waals surface area contributed by atoms with Crippen molar-refractivity contribution in [3.63, 3.8) is 0 Å². The number of sulfone groups is 1. The Morgan fingerprint density at radius 3 is 2.68 bits per heavy atom. The summed E-state index contributed by atoms with van der Waals surface area (Å²) in [6.07, 6.45) is 2.95. The van der Waals surface area contributed by atoms with Gasteiger partial charge in [0.1, 0.15) is 10.3 Å². The molecule has 2 atom stereocenters. The van der Waals surface area contributed by atoms with Crippen molar-refractivity contribution in [3.8, 4) is 0 Å². The fraction of sp³-hybridized carbons (Fsp3) is 0.381. The van der Waals surface area contributed by atoms with Gasteiger partial charge in [-0.25, -0.2) is 18.4 Å². The van der Waals surface area contributed by atoms with Gasteiger partial charge in [-0.1, -0.05) is 23.5 Å². The first-order valence-corrected chi connectivity index (χ1v) is 12.6. The number of benzene rings is 1. The summed E-state index contributed by atoms with van der Waals surface area (Å²) in [6.45, 7) is 1.50. The first-order chi connectivity index (χ1) is 15.0. The van der Waals surface area contributed by atoms with Crippen LogP contribution in [0.3, 0.4) is 0 Å². The number of rotatable bonds is 7. The van der Waals surface area contributed by atoms with Crippen molar-refractivity contribution in [1.82, 2.24) is 15.3 Å². The summed E-state index contributed by atoms with van der Waals surface area (Å²) >= 11 is 1.30. The zero-order chi connectivity index (χ0) is 21.4.